The molecule has 1 N–H and O–H groups in total. The number of aryl methyl sites for hydroxylation is 1. The fourth-order valence-electron chi connectivity index (χ4n) is 3.15. The van der Waals surface area contributed by atoms with Crippen molar-refractivity contribution in [3.63, 3.8) is 0 Å². The van der Waals surface area contributed by atoms with Crippen LogP contribution in [0.4, 0.5) is 10.5 Å². The van der Waals surface area contributed by atoms with Crippen LogP contribution >= 0.6 is 0 Å². The third-order valence-corrected chi connectivity index (χ3v) is 4.69. The van der Waals surface area contributed by atoms with Crippen LogP contribution in [0.15, 0.2) is 42.5 Å². The second-order valence-corrected chi connectivity index (χ2v) is 6.57. The number of hydrogen-bond acceptors (Lipinski definition) is 5. The van der Waals surface area contributed by atoms with E-state index in [0.29, 0.717) is 16.9 Å². The molecule has 2 aromatic carbocycles. The maximum absolute atomic E-state index is 13.0. The Bertz CT molecular complexity index is 925. The van der Waals surface area contributed by atoms with E-state index >= 15 is 0 Å². The van der Waals surface area contributed by atoms with E-state index in [1.165, 1.54) is 31.4 Å². The molecule has 1 saturated heterocycles. The molecule has 1 atom stereocenters. The lowest BCUT2D eigenvalue weighted by atomic mass is 9.92. The molecule has 27 heavy (non-hydrogen) atoms. The van der Waals surface area contributed by atoms with E-state index in [1.807, 2.05) is 19.1 Å². The quantitative estimate of drug-likeness (QED) is 0.496. The number of nitrogens with zero attached hydrogens (tertiary/aromatic N) is 2. The van der Waals surface area contributed by atoms with Crippen LogP contribution in [0.5, 0.6) is 5.75 Å². The SMILES string of the molecule is COc1ccc(C)cc1CN1C(=O)NC(C)(c2ccc([N+](=O)[O-])cc2)C1=O. The fraction of sp³-hybridized carbons (Fsp3) is 0.263. The van der Waals surface area contributed by atoms with Crippen LogP contribution < -0.4 is 10.1 Å². The van der Waals surface area contributed by atoms with Gasteiger partial charge in [-0.3, -0.25) is 19.8 Å². The van der Waals surface area contributed by atoms with Crippen molar-refractivity contribution in [2.24, 2.45) is 0 Å². The second kappa shape index (κ2) is 6.71. The molecular formula is C19H19N3O5. The maximum Gasteiger partial charge on any atom is 0.325 e. The number of carbonyl (C=O) groups is 2. The van der Waals surface area contributed by atoms with Gasteiger partial charge in [0, 0.05) is 17.7 Å². The molecule has 8 nitrogen and oxygen atoms in total. The summed E-state index contributed by atoms with van der Waals surface area (Å²) in [4.78, 5) is 36.9. The third kappa shape index (κ3) is 3.21. The summed E-state index contributed by atoms with van der Waals surface area (Å²) in [5, 5.41) is 13.5. The van der Waals surface area contributed by atoms with Gasteiger partial charge in [-0.15, -0.1) is 0 Å². The van der Waals surface area contributed by atoms with Crippen LogP contribution in [0.3, 0.4) is 0 Å². The van der Waals surface area contributed by atoms with Gasteiger partial charge in [0.2, 0.25) is 0 Å². The summed E-state index contributed by atoms with van der Waals surface area (Å²) in [5.74, 6) is 0.162. The molecule has 0 bridgehead atoms. The Morgan fingerprint density at radius 1 is 1.19 bits per heavy atom. The maximum atomic E-state index is 13.0. The number of urea groups is 1. The predicted molar refractivity (Wildman–Crippen MR) is 97.3 cm³/mol. The highest BCUT2D eigenvalue weighted by molar-refractivity contribution is 6.07. The number of nitrogens with one attached hydrogen (secondary N) is 1. The zero-order chi connectivity index (χ0) is 19.8. The van der Waals surface area contributed by atoms with Gasteiger partial charge in [0.15, 0.2) is 0 Å². The van der Waals surface area contributed by atoms with Gasteiger partial charge in [-0.05, 0) is 37.6 Å². The second-order valence-electron chi connectivity index (χ2n) is 6.57. The highest BCUT2D eigenvalue weighted by atomic mass is 16.6. The average molecular weight is 369 g/mol. The van der Waals surface area contributed by atoms with E-state index in [1.54, 1.807) is 13.0 Å². The number of non-ortho nitro benzene ring substituents is 1. The molecule has 140 valence electrons. The Morgan fingerprint density at radius 3 is 2.44 bits per heavy atom. The monoisotopic (exact) mass is 369 g/mol. The van der Waals surface area contributed by atoms with Crippen molar-refractivity contribution in [2.45, 2.75) is 25.9 Å². The molecule has 1 aliphatic heterocycles. The number of rotatable bonds is 5. The zero-order valence-corrected chi connectivity index (χ0v) is 15.2. The zero-order valence-electron chi connectivity index (χ0n) is 15.2. The lowest BCUT2D eigenvalue weighted by Crippen LogP contribution is -2.40. The normalized spacial score (nSPS) is 19.1. The average Bonchev–Trinajstić information content (AvgIpc) is 2.86. The summed E-state index contributed by atoms with van der Waals surface area (Å²) in [7, 11) is 1.53. The first-order chi connectivity index (χ1) is 12.8. The minimum Gasteiger partial charge on any atom is -0.496 e. The Labute approximate surface area is 155 Å². The number of imide groups is 1. The number of amides is 3. The van der Waals surface area contributed by atoms with Crippen LogP contribution in [-0.2, 0) is 16.9 Å². The topological polar surface area (TPSA) is 102 Å². The molecule has 1 aliphatic rings. The Kier molecular flexibility index (Phi) is 4.57. The van der Waals surface area contributed by atoms with Crippen molar-refractivity contribution in [3.05, 3.63) is 69.3 Å². The van der Waals surface area contributed by atoms with E-state index in [9.17, 15) is 19.7 Å². The van der Waals surface area contributed by atoms with Crippen molar-refractivity contribution in [1.29, 1.82) is 0 Å². The first-order valence-corrected chi connectivity index (χ1v) is 8.29. The van der Waals surface area contributed by atoms with Crippen molar-refractivity contribution < 1.29 is 19.2 Å². The van der Waals surface area contributed by atoms with Gasteiger partial charge in [0.25, 0.3) is 11.6 Å². The molecule has 0 radical (unpaired) electrons. The summed E-state index contributed by atoms with van der Waals surface area (Å²) in [5.41, 5.74) is 0.805. The van der Waals surface area contributed by atoms with E-state index in [2.05, 4.69) is 5.32 Å². The highest BCUT2D eigenvalue weighted by Gasteiger charge is 2.49. The molecule has 0 aliphatic carbocycles. The van der Waals surface area contributed by atoms with Gasteiger partial charge in [-0.25, -0.2) is 4.79 Å². The van der Waals surface area contributed by atoms with Crippen molar-refractivity contribution in [1.82, 2.24) is 10.2 Å². The van der Waals surface area contributed by atoms with Crippen molar-refractivity contribution >= 4 is 17.6 Å². The number of nitro groups is 1. The first-order valence-electron chi connectivity index (χ1n) is 8.29. The molecule has 3 rings (SSSR count). The largest absolute Gasteiger partial charge is 0.496 e. The minimum absolute atomic E-state index is 0.0676. The number of hydrogen-bond donors (Lipinski definition) is 1. The van der Waals surface area contributed by atoms with Gasteiger partial charge in [0.1, 0.15) is 11.3 Å². The molecule has 1 unspecified atom stereocenters. The Morgan fingerprint density at radius 2 is 1.85 bits per heavy atom. The summed E-state index contributed by atoms with van der Waals surface area (Å²) in [6.45, 7) is 3.57. The molecule has 2 aromatic rings. The molecular weight excluding hydrogens is 350 g/mol. The lowest BCUT2D eigenvalue weighted by Gasteiger charge is -2.22. The summed E-state index contributed by atoms with van der Waals surface area (Å²) < 4.78 is 5.32. The number of methoxy groups -OCH3 is 1. The van der Waals surface area contributed by atoms with Gasteiger partial charge in [-0.1, -0.05) is 17.7 Å². The van der Waals surface area contributed by atoms with E-state index in [4.69, 9.17) is 4.74 Å². The van der Waals surface area contributed by atoms with Crippen LogP contribution in [-0.4, -0.2) is 28.9 Å². The molecule has 8 heteroatoms. The summed E-state index contributed by atoms with van der Waals surface area (Å²) >= 11 is 0. The molecule has 1 heterocycles. The van der Waals surface area contributed by atoms with Crippen molar-refractivity contribution in [3.8, 4) is 5.75 Å². The molecule has 0 saturated carbocycles. The molecule has 3 amide bonds. The summed E-state index contributed by atoms with van der Waals surface area (Å²) in [6, 6.07) is 10.6. The molecule has 0 spiro atoms. The predicted octanol–water partition coefficient (Wildman–Crippen LogP) is 2.88. The van der Waals surface area contributed by atoms with Gasteiger partial charge >= 0.3 is 6.03 Å². The van der Waals surface area contributed by atoms with Gasteiger partial charge in [-0.2, -0.15) is 0 Å². The molecule has 0 aromatic heterocycles. The van der Waals surface area contributed by atoms with E-state index < -0.39 is 22.4 Å². The first kappa shape index (κ1) is 18.4. The van der Waals surface area contributed by atoms with Gasteiger partial charge < -0.3 is 10.1 Å². The van der Waals surface area contributed by atoms with Crippen LogP contribution in [0.2, 0.25) is 0 Å². The van der Waals surface area contributed by atoms with Crippen LogP contribution in [0.1, 0.15) is 23.6 Å². The Balaban J connectivity index is 1.90. The number of benzene rings is 2. The Hall–Kier alpha value is -3.42. The van der Waals surface area contributed by atoms with Crippen LogP contribution in [0, 0.1) is 17.0 Å². The smallest absolute Gasteiger partial charge is 0.325 e. The number of carbonyl (C=O) groups excluding carboxylic acids is 2. The molecule has 1 fully saturated rings. The number of ether oxygens (including phenoxy) is 1. The van der Waals surface area contributed by atoms with Crippen molar-refractivity contribution in [2.75, 3.05) is 7.11 Å². The third-order valence-electron chi connectivity index (χ3n) is 4.69. The number of nitro benzene ring substituents is 1. The minimum atomic E-state index is -1.29. The van der Waals surface area contributed by atoms with E-state index in [-0.39, 0.29) is 12.2 Å². The van der Waals surface area contributed by atoms with E-state index in [0.717, 1.165) is 10.5 Å². The standard InChI is InChI=1S/C19H19N3O5/c1-12-4-9-16(27-3)13(10-12)11-21-17(23)19(2,20-18(21)24)14-5-7-15(8-6-14)22(25)26/h4-10H,11H2,1-3H3,(H,20,24). The summed E-state index contributed by atoms with van der Waals surface area (Å²) in [6.07, 6.45) is 0. The van der Waals surface area contributed by atoms with Crippen LogP contribution in [0.25, 0.3) is 0 Å². The van der Waals surface area contributed by atoms with Gasteiger partial charge in [0.05, 0.1) is 18.6 Å². The highest BCUT2D eigenvalue weighted by Crippen LogP contribution is 2.32. The lowest BCUT2D eigenvalue weighted by molar-refractivity contribution is -0.384. The fourth-order valence-corrected chi connectivity index (χ4v) is 3.15.